The van der Waals surface area contributed by atoms with Gasteiger partial charge >= 0.3 is 10.5 Å². The molecular formula is C8H9F2NO2S. The topological polar surface area (TPSA) is 38.7 Å². The average molecular weight is 221 g/mol. The zero-order valence-corrected chi connectivity index (χ0v) is 8.26. The highest BCUT2D eigenvalue weighted by molar-refractivity contribution is 7.83. The molecule has 0 saturated carbocycles. The van der Waals surface area contributed by atoms with Gasteiger partial charge in [-0.15, -0.1) is 0 Å². The Bertz CT molecular complexity index is 419. The summed E-state index contributed by atoms with van der Waals surface area (Å²) in [5.74, 6) is 0.458. The van der Waals surface area contributed by atoms with Crippen LogP contribution >= 0.6 is 0 Å². The van der Waals surface area contributed by atoms with Crippen LogP contribution in [0.25, 0.3) is 0 Å². The molecule has 0 heterocycles. The van der Waals surface area contributed by atoms with Gasteiger partial charge in [0, 0.05) is 5.56 Å². The van der Waals surface area contributed by atoms with Crippen molar-refractivity contribution < 1.29 is 16.7 Å². The van der Waals surface area contributed by atoms with Gasteiger partial charge in [0.1, 0.15) is 5.75 Å². The maximum absolute atomic E-state index is 12.0. The molecule has 0 N–H and O–H groups in total. The average Bonchev–Trinajstić information content (AvgIpc) is 2.14. The molecule has 0 fully saturated rings. The molecule has 78 valence electrons. The highest BCUT2D eigenvalue weighted by atomic mass is 32.3. The van der Waals surface area contributed by atoms with Gasteiger partial charge in [0.05, 0.1) is 13.7 Å². The molecule has 1 aromatic carbocycles. The molecule has 0 aliphatic rings. The highest BCUT2D eigenvalue weighted by Gasteiger charge is 2.04. The van der Waals surface area contributed by atoms with Crippen molar-refractivity contribution in [3.63, 3.8) is 0 Å². The van der Waals surface area contributed by atoms with E-state index in [0.717, 1.165) is 0 Å². The zero-order chi connectivity index (χ0) is 10.6. The third-order valence-electron chi connectivity index (χ3n) is 1.58. The Morgan fingerprint density at radius 2 is 2.07 bits per heavy atom. The van der Waals surface area contributed by atoms with Crippen molar-refractivity contribution in [2.24, 2.45) is 4.36 Å². The molecule has 1 aromatic rings. The van der Waals surface area contributed by atoms with Crippen LogP contribution in [0.2, 0.25) is 0 Å². The molecule has 14 heavy (non-hydrogen) atoms. The standard InChI is InChI=1S/C8H9F2NO2S/c1-13-8-5-3-2-4-7(8)6-11-14(9,10)12/h2-5H,6H2,1H3. The molecule has 0 aliphatic heterocycles. The van der Waals surface area contributed by atoms with Gasteiger partial charge in [-0.2, -0.15) is 8.57 Å². The fourth-order valence-corrected chi connectivity index (χ4v) is 1.27. The predicted octanol–water partition coefficient (Wildman–Crippen LogP) is 2.43. The van der Waals surface area contributed by atoms with Crippen LogP contribution in [0.5, 0.6) is 5.75 Å². The third kappa shape index (κ3) is 3.29. The second-order valence-electron chi connectivity index (χ2n) is 2.50. The number of rotatable bonds is 3. The quantitative estimate of drug-likeness (QED) is 0.735. The minimum Gasteiger partial charge on any atom is -0.496 e. The summed E-state index contributed by atoms with van der Waals surface area (Å²) in [4.78, 5) is 0. The molecule has 6 heteroatoms. The van der Waals surface area contributed by atoms with Gasteiger partial charge < -0.3 is 4.74 Å². The number of para-hydroxylation sites is 1. The van der Waals surface area contributed by atoms with Crippen molar-refractivity contribution in [3.05, 3.63) is 29.8 Å². The Hall–Kier alpha value is -1.17. The van der Waals surface area contributed by atoms with E-state index in [9.17, 15) is 12.0 Å². The molecule has 0 aliphatic carbocycles. The van der Waals surface area contributed by atoms with Crippen molar-refractivity contribution in [1.82, 2.24) is 0 Å². The molecule has 0 aromatic heterocycles. The first-order valence-corrected chi connectivity index (χ1v) is 5.08. The lowest BCUT2D eigenvalue weighted by Crippen LogP contribution is -1.91. The lowest BCUT2D eigenvalue weighted by Gasteiger charge is -2.04. The smallest absolute Gasteiger partial charge is 0.367 e. The number of methoxy groups -OCH3 is 1. The number of hydrogen-bond acceptors (Lipinski definition) is 3. The summed E-state index contributed by atoms with van der Waals surface area (Å²) in [5, 5.41) is 0. The summed E-state index contributed by atoms with van der Waals surface area (Å²) in [7, 11) is -3.60. The van der Waals surface area contributed by atoms with E-state index in [0.29, 0.717) is 11.3 Å². The molecular weight excluding hydrogens is 212 g/mol. The molecule has 0 amide bonds. The third-order valence-corrected chi connectivity index (χ3v) is 2.01. The Morgan fingerprint density at radius 1 is 1.43 bits per heavy atom. The Kier molecular flexibility index (Phi) is 3.40. The second-order valence-corrected chi connectivity index (χ2v) is 3.55. The number of halogens is 2. The van der Waals surface area contributed by atoms with E-state index < -0.39 is 10.5 Å². The first kappa shape index (κ1) is 10.9. The summed E-state index contributed by atoms with van der Waals surface area (Å²) >= 11 is 0. The van der Waals surface area contributed by atoms with E-state index in [-0.39, 0.29) is 6.54 Å². The van der Waals surface area contributed by atoms with E-state index in [1.165, 1.54) is 7.11 Å². The fraction of sp³-hybridized carbons (Fsp3) is 0.250. The first-order chi connectivity index (χ1) is 6.53. The largest absolute Gasteiger partial charge is 0.496 e. The van der Waals surface area contributed by atoms with Gasteiger partial charge in [0.25, 0.3) is 0 Å². The molecule has 0 atom stereocenters. The SMILES string of the molecule is COc1ccccc1CN=S(=O)(F)F. The van der Waals surface area contributed by atoms with E-state index in [1.54, 1.807) is 24.3 Å². The maximum Gasteiger partial charge on any atom is 0.367 e. The molecule has 0 bridgehead atoms. The number of nitrogens with zero attached hydrogens (tertiary/aromatic N) is 1. The first-order valence-electron chi connectivity index (χ1n) is 3.77. The van der Waals surface area contributed by atoms with Crippen LogP contribution in [0.15, 0.2) is 28.6 Å². The molecule has 0 radical (unpaired) electrons. The van der Waals surface area contributed by atoms with Gasteiger partial charge in [-0.3, -0.25) is 0 Å². The molecule has 0 spiro atoms. The number of ether oxygens (including phenoxy) is 1. The van der Waals surface area contributed by atoms with E-state index in [1.807, 2.05) is 0 Å². The lowest BCUT2D eigenvalue weighted by atomic mass is 10.2. The minimum atomic E-state index is -5.03. The number of hydrogen-bond donors (Lipinski definition) is 0. The summed E-state index contributed by atoms with van der Waals surface area (Å²) in [6.45, 7) is -0.310. The maximum atomic E-state index is 12.0. The minimum absolute atomic E-state index is 0.310. The van der Waals surface area contributed by atoms with Gasteiger partial charge in [-0.05, 0) is 6.07 Å². The molecule has 3 nitrogen and oxygen atoms in total. The van der Waals surface area contributed by atoms with Crippen molar-refractivity contribution in [2.75, 3.05) is 7.11 Å². The van der Waals surface area contributed by atoms with Crippen molar-refractivity contribution in [1.29, 1.82) is 0 Å². The van der Waals surface area contributed by atoms with Crippen molar-refractivity contribution >= 4 is 10.5 Å². The summed E-state index contributed by atoms with van der Waals surface area (Å²) in [6.07, 6.45) is 0. The normalized spacial score (nSPS) is 11.1. The van der Waals surface area contributed by atoms with Crippen molar-refractivity contribution in [3.8, 4) is 5.75 Å². The van der Waals surface area contributed by atoms with Crippen LogP contribution in [0.3, 0.4) is 0 Å². The predicted molar refractivity (Wildman–Crippen MR) is 49.5 cm³/mol. The molecule has 1 rings (SSSR count). The van der Waals surface area contributed by atoms with E-state index in [2.05, 4.69) is 4.36 Å². The van der Waals surface area contributed by atoms with Crippen LogP contribution in [-0.2, 0) is 17.0 Å². The van der Waals surface area contributed by atoms with Gasteiger partial charge in [-0.1, -0.05) is 26.0 Å². The fourth-order valence-electron chi connectivity index (χ4n) is 0.978. The van der Waals surface area contributed by atoms with Crippen LogP contribution < -0.4 is 4.74 Å². The second kappa shape index (κ2) is 4.36. The van der Waals surface area contributed by atoms with Crippen molar-refractivity contribution in [2.45, 2.75) is 6.54 Å². The van der Waals surface area contributed by atoms with Gasteiger partial charge in [0.2, 0.25) is 0 Å². The Labute approximate surface area is 81.5 Å². The Balaban J connectivity index is 2.92. The molecule has 0 unspecified atom stereocenters. The lowest BCUT2D eigenvalue weighted by molar-refractivity contribution is 0.410. The van der Waals surface area contributed by atoms with E-state index in [4.69, 9.17) is 4.74 Å². The van der Waals surface area contributed by atoms with E-state index >= 15 is 0 Å². The molecule has 0 saturated heterocycles. The van der Waals surface area contributed by atoms with Crippen LogP contribution in [-0.4, -0.2) is 11.3 Å². The summed E-state index contributed by atoms with van der Waals surface area (Å²) in [6, 6.07) is 6.60. The summed E-state index contributed by atoms with van der Waals surface area (Å²) in [5.41, 5.74) is 0.484. The highest BCUT2D eigenvalue weighted by Crippen LogP contribution is 2.18. The summed E-state index contributed by atoms with van der Waals surface area (Å²) < 4.78 is 41.6. The Morgan fingerprint density at radius 3 is 2.64 bits per heavy atom. The van der Waals surface area contributed by atoms with Crippen LogP contribution in [0.4, 0.5) is 7.77 Å². The zero-order valence-electron chi connectivity index (χ0n) is 7.44. The monoisotopic (exact) mass is 221 g/mol. The van der Waals surface area contributed by atoms with Gasteiger partial charge in [-0.25, -0.2) is 0 Å². The number of benzene rings is 1. The van der Waals surface area contributed by atoms with Crippen LogP contribution in [0.1, 0.15) is 5.56 Å². The van der Waals surface area contributed by atoms with Gasteiger partial charge in [0.15, 0.2) is 0 Å². The van der Waals surface area contributed by atoms with Crippen LogP contribution in [0, 0.1) is 0 Å².